The number of imidazole rings is 1. The molecule has 0 spiro atoms. The molecule has 0 atom stereocenters. The summed E-state index contributed by atoms with van der Waals surface area (Å²) in [6, 6.07) is 8.47. The molecule has 3 aromatic heterocycles. The van der Waals surface area contributed by atoms with Crippen LogP contribution in [-0.2, 0) is 19.8 Å². The summed E-state index contributed by atoms with van der Waals surface area (Å²) in [4.78, 5) is 11.7. The minimum atomic E-state index is -4.49. The Bertz CT molecular complexity index is 1140. The Balaban J connectivity index is 1.52. The van der Waals surface area contributed by atoms with Gasteiger partial charge in [-0.05, 0) is 17.2 Å². The lowest BCUT2D eigenvalue weighted by atomic mass is 10.1. The average molecular weight is 409 g/mol. The van der Waals surface area contributed by atoms with Crippen LogP contribution >= 0.6 is 11.6 Å². The van der Waals surface area contributed by atoms with Crippen molar-refractivity contribution in [2.24, 2.45) is 7.05 Å². The van der Waals surface area contributed by atoms with Crippen LogP contribution in [0.4, 0.5) is 13.2 Å². The molecule has 0 radical (unpaired) electrons. The third-order valence-corrected chi connectivity index (χ3v) is 4.17. The first-order valence-corrected chi connectivity index (χ1v) is 8.42. The highest BCUT2D eigenvalue weighted by Crippen LogP contribution is 2.31. The Morgan fingerprint density at radius 2 is 1.86 bits per heavy atom. The fourth-order valence-corrected chi connectivity index (χ4v) is 2.85. The predicted octanol–water partition coefficient (Wildman–Crippen LogP) is 4.87. The minimum Gasteiger partial charge on any atom is -0.470 e. The van der Waals surface area contributed by atoms with E-state index in [9.17, 15) is 13.2 Å². The molecule has 0 unspecified atom stereocenters. The van der Waals surface area contributed by atoms with Crippen molar-refractivity contribution in [2.75, 3.05) is 0 Å². The normalized spacial score (nSPS) is 11.9. The highest BCUT2D eigenvalue weighted by Gasteiger charge is 2.34. The molecule has 144 valence electrons. The van der Waals surface area contributed by atoms with Crippen LogP contribution < -0.4 is 4.74 Å². The second-order valence-electron chi connectivity index (χ2n) is 5.98. The fourth-order valence-electron chi connectivity index (χ4n) is 2.68. The summed E-state index contributed by atoms with van der Waals surface area (Å²) in [5.41, 5.74) is 1.32. The molecule has 0 aliphatic rings. The summed E-state index contributed by atoms with van der Waals surface area (Å²) in [6.45, 7) is 0.164. The van der Waals surface area contributed by atoms with Gasteiger partial charge in [0.2, 0.25) is 10.9 Å². The Labute approximate surface area is 161 Å². The van der Waals surface area contributed by atoms with E-state index in [2.05, 4.69) is 15.0 Å². The Morgan fingerprint density at radius 1 is 1.11 bits per heavy atom. The first-order chi connectivity index (χ1) is 13.3. The molecule has 1 aromatic carbocycles. The Hall–Kier alpha value is -3.07. The van der Waals surface area contributed by atoms with E-state index >= 15 is 0 Å². The molecular weight excluding hydrogens is 397 g/mol. The van der Waals surface area contributed by atoms with E-state index in [1.807, 2.05) is 0 Å². The van der Waals surface area contributed by atoms with Crippen LogP contribution in [0.15, 0.2) is 47.2 Å². The van der Waals surface area contributed by atoms with Crippen LogP contribution in [0, 0.1) is 0 Å². The molecule has 0 fully saturated rings. The van der Waals surface area contributed by atoms with Crippen molar-refractivity contribution < 1.29 is 22.3 Å². The Morgan fingerprint density at radius 3 is 2.54 bits per heavy atom. The van der Waals surface area contributed by atoms with Crippen molar-refractivity contribution in [3.63, 3.8) is 0 Å². The summed E-state index contributed by atoms with van der Waals surface area (Å²) >= 11 is 5.87. The van der Waals surface area contributed by atoms with Gasteiger partial charge in [0.25, 0.3) is 5.88 Å². The number of ether oxygens (including phenoxy) is 1. The maximum atomic E-state index is 12.8. The molecule has 4 rings (SSSR count). The number of halogens is 4. The van der Waals surface area contributed by atoms with E-state index in [4.69, 9.17) is 20.8 Å². The monoisotopic (exact) mass is 408 g/mol. The predicted molar refractivity (Wildman–Crippen MR) is 94.8 cm³/mol. The second-order valence-corrected chi connectivity index (χ2v) is 6.31. The van der Waals surface area contributed by atoms with E-state index in [0.717, 1.165) is 11.8 Å². The average Bonchev–Trinajstić information content (AvgIpc) is 3.26. The first kappa shape index (κ1) is 18.3. The standard InChI is InChI=1S/C18H12ClF3N4O2/c1-26-8-13(18(20,21)22)24-15(26)11-4-2-10(3-5-11)9-28-16-14-12(6-7-27-14)23-17(19)25-16/h2-8H,9H2,1H3. The van der Waals surface area contributed by atoms with Gasteiger partial charge in [-0.25, -0.2) is 9.97 Å². The van der Waals surface area contributed by atoms with Gasteiger partial charge in [-0.15, -0.1) is 0 Å². The van der Waals surface area contributed by atoms with E-state index in [1.165, 1.54) is 17.9 Å². The van der Waals surface area contributed by atoms with Gasteiger partial charge < -0.3 is 13.7 Å². The van der Waals surface area contributed by atoms with Gasteiger partial charge >= 0.3 is 6.18 Å². The van der Waals surface area contributed by atoms with Crippen molar-refractivity contribution in [3.8, 4) is 17.3 Å². The molecular formula is C18H12ClF3N4O2. The van der Waals surface area contributed by atoms with Crippen molar-refractivity contribution in [1.82, 2.24) is 19.5 Å². The lowest BCUT2D eigenvalue weighted by molar-refractivity contribution is -0.140. The molecule has 0 amide bonds. The largest absolute Gasteiger partial charge is 0.470 e. The molecule has 28 heavy (non-hydrogen) atoms. The van der Waals surface area contributed by atoms with Crippen LogP contribution in [0.5, 0.6) is 5.88 Å². The maximum absolute atomic E-state index is 12.8. The number of furan rings is 1. The highest BCUT2D eigenvalue weighted by molar-refractivity contribution is 6.28. The van der Waals surface area contributed by atoms with Gasteiger partial charge in [-0.2, -0.15) is 18.2 Å². The molecule has 0 saturated carbocycles. The number of hydrogen-bond donors (Lipinski definition) is 0. The molecule has 3 heterocycles. The summed E-state index contributed by atoms with van der Waals surface area (Å²) in [6.07, 6.45) is -2.07. The van der Waals surface area contributed by atoms with Crippen LogP contribution in [0.1, 0.15) is 11.3 Å². The topological polar surface area (TPSA) is 66.0 Å². The SMILES string of the molecule is Cn1cc(C(F)(F)F)nc1-c1ccc(COc2nc(Cl)nc3ccoc23)cc1. The van der Waals surface area contributed by atoms with Gasteiger partial charge in [-0.1, -0.05) is 24.3 Å². The van der Waals surface area contributed by atoms with E-state index in [-0.39, 0.29) is 23.6 Å². The summed E-state index contributed by atoms with van der Waals surface area (Å²) in [5, 5.41) is 0.0366. The van der Waals surface area contributed by atoms with E-state index in [1.54, 1.807) is 30.3 Å². The third kappa shape index (κ3) is 3.53. The number of aryl methyl sites for hydroxylation is 1. The van der Waals surface area contributed by atoms with Gasteiger partial charge in [-0.3, -0.25) is 0 Å². The zero-order valence-corrected chi connectivity index (χ0v) is 15.1. The first-order valence-electron chi connectivity index (χ1n) is 8.04. The van der Waals surface area contributed by atoms with Crippen molar-refractivity contribution in [1.29, 1.82) is 0 Å². The molecule has 0 aliphatic heterocycles. The van der Waals surface area contributed by atoms with Gasteiger partial charge in [0.15, 0.2) is 5.69 Å². The molecule has 6 nitrogen and oxygen atoms in total. The quantitative estimate of drug-likeness (QED) is 0.450. The maximum Gasteiger partial charge on any atom is 0.434 e. The van der Waals surface area contributed by atoms with Crippen LogP contribution in [0.25, 0.3) is 22.5 Å². The third-order valence-electron chi connectivity index (χ3n) is 4.00. The fraction of sp³-hybridized carbons (Fsp3) is 0.167. The highest BCUT2D eigenvalue weighted by atomic mass is 35.5. The van der Waals surface area contributed by atoms with Crippen LogP contribution in [-0.4, -0.2) is 19.5 Å². The van der Waals surface area contributed by atoms with Gasteiger partial charge in [0.1, 0.15) is 17.9 Å². The molecule has 0 N–H and O–H groups in total. The summed E-state index contributed by atoms with van der Waals surface area (Å²) < 4.78 is 50.8. The number of alkyl halides is 3. The van der Waals surface area contributed by atoms with Crippen LogP contribution in [0.3, 0.4) is 0 Å². The van der Waals surface area contributed by atoms with Crippen molar-refractivity contribution in [3.05, 3.63) is 59.3 Å². The number of fused-ring (bicyclic) bond motifs is 1. The number of aromatic nitrogens is 4. The second kappa shape index (κ2) is 6.83. The van der Waals surface area contributed by atoms with Crippen molar-refractivity contribution >= 4 is 22.7 Å². The zero-order chi connectivity index (χ0) is 19.9. The summed E-state index contributed by atoms with van der Waals surface area (Å²) in [5.74, 6) is 0.433. The van der Waals surface area contributed by atoms with E-state index < -0.39 is 11.9 Å². The number of hydrogen-bond acceptors (Lipinski definition) is 5. The lowest BCUT2D eigenvalue weighted by Gasteiger charge is -2.07. The number of nitrogens with zero attached hydrogens (tertiary/aromatic N) is 4. The Kier molecular flexibility index (Phi) is 4.46. The molecule has 10 heteroatoms. The van der Waals surface area contributed by atoms with Crippen LogP contribution in [0.2, 0.25) is 5.28 Å². The lowest BCUT2D eigenvalue weighted by Crippen LogP contribution is -2.04. The smallest absolute Gasteiger partial charge is 0.434 e. The van der Waals surface area contributed by atoms with Crippen molar-refractivity contribution in [2.45, 2.75) is 12.8 Å². The summed E-state index contributed by atoms with van der Waals surface area (Å²) in [7, 11) is 1.52. The minimum absolute atomic E-state index is 0.0366. The van der Waals surface area contributed by atoms with E-state index in [0.29, 0.717) is 16.7 Å². The van der Waals surface area contributed by atoms with Gasteiger partial charge in [0, 0.05) is 24.9 Å². The number of benzene rings is 1. The number of rotatable bonds is 4. The zero-order valence-electron chi connectivity index (χ0n) is 14.4. The molecule has 0 saturated heterocycles. The molecule has 4 aromatic rings. The molecule has 0 bridgehead atoms. The molecule has 0 aliphatic carbocycles. The van der Waals surface area contributed by atoms with Gasteiger partial charge in [0.05, 0.1) is 6.26 Å².